The van der Waals surface area contributed by atoms with Crippen LogP contribution in [-0.4, -0.2) is 13.0 Å². The Kier molecular flexibility index (Phi) is 4.37. The van der Waals surface area contributed by atoms with Gasteiger partial charge < -0.3 is 4.55 Å². The number of fused-ring (bicyclic) bond motifs is 5. The largest absolute Gasteiger partial charge is 1.00 e. The molecule has 0 atom stereocenters. The third kappa shape index (κ3) is 2.61. The van der Waals surface area contributed by atoms with Gasteiger partial charge in [0.25, 0.3) is 0 Å². The minimum Gasteiger partial charge on any atom is -0.744 e. The molecular formula is C18H10ClLiO3S. The van der Waals surface area contributed by atoms with E-state index in [9.17, 15) is 13.0 Å². The molecule has 0 aliphatic heterocycles. The van der Waals surface area contributed by atoms with E-state index in [4.69, 9.17) is 11.6 Å². The van der Waals surface area contributed by atoms with Crippen LogP contribution < -0.4 is 18.9 Å². The molecule has 0 aliphatic carbocycles. The maximum atomic E-state index is 11.6. The summed E-state index contributed by atoms with van der Waals surface area (Å²) in [5.41, 5.74) is 0. The van der Waals surface area contributed by atoms with E-state index in [0.717, 1.165) is 21.5 Å². The maximum absolute atomic E-state index is 11.6. The van der Waals surface area contributed by atoms with E-state index in [1.807, 2.05) is 42.5 Å². The molecule has 114 valence electrons. The van der Waals surface area contributed by atoms with Gasteiger partial charge in [-0.3, -0.25) is 0 Å². The smallest absolute Gasteiger partial charge is 0.744 e. The molecule has 0 radical (unpaired) electrons. The molecule has 4 aromatic carbocycles. The van der Waals surface area contributed by atoms with E-state index in [2.05, 4.69) is 0 Å². The molecule has 0 bridgehead atoms. The molecule has 0 amide bonds. The third-order valence-corrected chi connectivity index (χ3v) is 5.44. The number of hydrogen-bond donors (Lipinski definition) is 0. The SMILES string of the molecule is O=S(=O)([O-])c1c(Cl)ccc2c1ccc1c3ccccc3ccc21.[Li+]. The van der Waals surface area contributed by atoms with Crippen molar-refractivity contribution in [3.63, 3.8) is 0 Å². The molecule has 4 aromatic rings. The van der Waals surface area contributed by atoms with Crippen molar-refractivity contribution in [1.29, 1.82) is 0 Å². The standard InChI is InChI=1S/C18H11ClO3S.Li/c19-17-10-9-15-14-6-5-11-3-1-2-4-12(11)13(14)7-8-16(15)18(17)23(20,21)22;/h1-10H,(H,20,21,22);/q;+1/p-1. The fourth-order valence-corrected chi connectivity index (χ4v) is 4.31. The summed E-state index contributed by atoms with van der Waals surface area (Å²) in [5.74, 6) is 0. The Morgan fingerprint density at radius 2 is 1.25 bits per heavy atom. The Balaban J connectivity index is 0.00000169. The van der Waals surface area contributed by atoms with Crippen LogP contribution in [0.1, 0.15) is 0 Å². The summed E-state index contributed by atoms with van der Waals surface area (Å²) in [6.07, 6.45) is 0. The Morgan fingerprint density at radius 3 is 2.00 bits per heavy atom. The normalized spacial score (nSPS) is 11.8. The molecule has 4 rings (SSSR count). The first kappa shape index (κ1) is 17.3. The molecular weight excluding hydrogens is 339 g/mol. The van der Waals surface area contributed by atoms with Crippen molar-refractivity contribution in [3.05, 3.63) is 65.7 Å². The zero-order chi connectivity index (χ0) is 16.2. The van der Waals surface area contributed by atoms with Crippen LogP contribution in [0, 0.1) is 0 Å². The Labute approximate surface area is 156 Å². The van der Waals surface area contributed by atoms with Crippen molar-refractivity contribution in [2.45, 2.75) is 4.90 Å². The molecule has 0 fully saturated rings. The summed E-state index contributed by atoms with van der Waals surface area (Å²) in [7, 11) is -4.65. The van der Waals surface area contributed by atoms with Crippen molar-refractivity contribution in [2.75, 3.05) is 0 Å². The molecule has 0 N–H and O–H groups in total. The molecule has 0 heterocycles. The zero-order valence-corrected chi connectivity index (χ0v) is 14.4. The Morgan fingerprint density at radius 1 is 0.708 bits per heavy atom. The van der Waals surface area contributed by atoms with Crippen LogP contribution >= 0.6 is 11.6 Å². The average Bonchev–Trinajstić information content (AvgIpc) is 2.52. The van der Waals surface area contributed by atoms with Crippen molar-refractivity contribution in [2.24, 2.45) is 0 Å². The predicted molar refractivity (Wildman–Crippen MR) is 91.9 cm³/mol. The molecule has 0 saturated carbocycles. The summed E-state index contributed by atoms with van der Waals surface area (Å²) in [6, 6.07) is 18.6. The van der Waals surface area contributed by atoms with Gasteiger partial charge in [0, 0.05) is 5.39 Å². The first-order chi connectivity index (χ1) is 11.0. The van der Waals surface area contributed by atoms with E-state index >= 15 is 0 Å². The molecule has 24 heavy (non-hydrogen) atoms. The van der Waals surface area contributed by atoms with E-state index in [0.29, 0.717) is 10.8 Å². The second-order valence-electron chi connectivity index (χ2n) is 5.37. The van der Waals surface area contributed by atoms with Crippen LogP contribution in [0.15, 0.2) is 65.6 Å². The summed E-state index contributed by atoms with van der Waals surface area (Å²) in [5, 5.41) is 5.09. The van der Waals surface area contributed by atoms with Crippen LogP contribution in [-0.2, 0) is 10.1 Å². The first-order valence-corrected chi connectivity index (χ1v) is 8.74. The molecule has 0 aliphatic rings. The number of rotatable bonds is 1. The van der Waals surface area contributed by atoms with Crippen LogP contribution in [0.4, 0.5) is 0 Å². The van der Waals surface area contributed by atoms with E-state index < -0.39 is 10.1 Å². The fourth-order valence-electron chi connectivity index (χ4n) is 3.10. The van der Waals surface area contributed by atoms with Gasteiger partial charge in [0.2, 0.25) is 0 Å². The Bertz CT molecular complexity index is 1200. The van der Waals surface area contributed by atoms with Gasteiger partial charge in [-0.1, -0.05) is 66.2 Å². The molecule has 0 spiro atoms. The van der Waals surface area contributed by atoms with Crippen LogP contribution in [0.2, 0.25) is 5.02 Å². The molecule has 0 unspecified atom stereocenters. The number of hydrogen-bond acceptors (Lipinski definition) is 3. The second kappa shape index (κ2) is 6.07. The van der Waals surface area contributed by atoms with Gasteiger partial charge in [0.15, 0.2) is 0 Å². The minimum absolute atomic E-state index is 0. The maximum Gasteiger partial charge on any atom is 1.00 e. The molecule has 3 nitrogen and oxygen atoms in total. The molecule has 6 heteroatoms. The van der Waals surface area contributed by atoms with E-state index in [1.54, 1.807) is 12.1 Å². The second-order valence-corrected chi connectivity index (χ2v) is 7.10. The van der Waals surface area contributed by atoms with Gasteiger partial charge in [-0.2, -0.15) is 0 Å². The van der Waals surface area contributed by atoms with Gasteiger partial charge in [-0.05, 0) is 33.0 Å². The monoisotopic (exact) mass is 348 g/mol. The van der Waals surface area contributed by atoms with Gasteiger partial charge in [-0.25, -0.2) is 8.42 Å². The van der Waals surface area contributed by atoms with Crippen molar-refractivity contribution in [1.82, 2.24) is 0 Å². The quantitative estimate of drug-likeness (QED) is 0.299. The topological polar surface area (TPSA) is 57.2 Å². The summed E-state index contributed by atoms with van der Waals surface area (Å²) in [6.45, 7) is 0. The number of halogens is 1. The van der Waals surface area contributed by atoms with Gasteiger partial charge in [-0.15, -0.1) is 0 Å². The van der Waals surface area contributed by atoms with Crippen molar-refractivity contribution < 1.29 is 31.8 Å². The molecule has 0 saturated heterocycles. The first-order valence-electron chi connectivity index (χ1n) is 6.95. The van der Waals surface area contributed by atoms with Crippen molar-refractivity contribution in [3.8, 4) is 0 Å². The summed E-state index contributed by atoms with van der Waals surface area (Å²) < 4.78 is 34.7. The summed E-state index contributed by atoms with van der Waals surface area (Å²) >= 11 is 5.95. The van der Waals surface area contributed by atoms with Gasteiger partial charge in [0.05, 0.1) is 9.92 Å². The van der Waals surface area contributed by atoms with Crippen LogP contribution in [0.3, 0.4) is 0 Å². The van der Waals surface area contributed by atoms with Crippen LogP contribution in [0.25, 0.3) is 32.3 Å². The fraction of sp³-hybridized carbons (Fsp3) is 0. The van der Waals surface area contributed by atoms with Crippen LogP contribution in [0.5, 0.6) is 0 Å². The zero-order valence-electron chi connectivity index (χ0n) is 12.8. The molecule has 0 aromatic heterocycles. The third-order valence-electron chi connectivity index (χ3n) is 4.08. The van der Waals surface area contributed by atoms with Gasteiger partial charge in [0.1, 0.15) is 10.1 Å². The van der Waals surface area contributed by atoms with E-state index in [-0.39, 0.29) is 28.8 Å². The average molecular weight is 349 g/mol. The summed E-state index contributed by atoms with van der Waals surface area (Å²) in [4.78, 5) is -0.355. The predicted octanol–water partition coefficient (Wildman–Crippen LogP) is 1.71. The van der Waals surface area contributed by atoms with Gasteiger partial charge >= 0.3 is 18.9 Å². The number of benzene rings is 4. The van der Waals surface area contributed by atoms with E-state index in [1.165, 1.54) is 6.07 Å². The van der Waals surface area contributed by atoms with Crippen molar-refractivity contribution >= 4 is 54.0 Å². The Hall–Kier alpha value is -1.54. The minimum atomic E-state index is -4.65.